The highest BCUT2D eigenvalue weighted by Gasteiger charge is 2.05. The quantitative estimate of drug-likeness (QED) is 0.817. The molecular formula is C16H19N3O2S. The lowest BCUT2D eigenvalue weighted by atomic mass is 10.0. The van der Waals surface area contributed by atoms with Gasteiger partial charge in [-0.15, -0.1) is 11.3 Å². The molecule has 0 spiro atoms. The van der Waals surface area contributed by atoms with Crippen LogP contribution in [-0.4, -0.2) is 23.2 Å². The minimum absolute atomic E-state index is 0.0423. The Balaban J connectivity index is 1.87. The van der Waals surface area contributed by atoms with Gasteiger partial charge in [-0.3, -0.25) is 9.59 Å². The lowest BCUT2D eigenvalue weighted by Crippen LogP contribution is -2.15. The van der Waals surface area contributed by atoms with E-state index >= 15 is 0 Å². The number of rotatable bonds is 7. The van der Waals surface area contributed by atoms with Crippen molar-refractivity contribution in [2.24, 2.45) is 5.73 Å². The van der Waals surface area contributed by atoms with E-state index in [0.717, 1.165) is 24.1 Å². The molecule has 0 saturated carbocycles. The van der Waals surface area contributed by atoms with Gasteiger partial charge in [-0.1, -0.05) is 24.3 Å². The highest BCUT2D eigenvalue weighted by Crippen LogP contribution is 2.17. The SMILES string of the molecule is CC(=O)Nc1nc(CCc2ccc(CC(=O)CN)cc2)cs1. The Morgan fingerprint density at radius 1 is 1.18 bits per heavy atom. The Labute approximate surface area is 133 Å². The van der Waals surface area contributed by atoms with Gasteiger partial charge >= 0.3 is 0 Å². The molecule has 1 aromatic carbocycles. The molecule has 0 aliphatic heterocycles. The summed E-state index contributed by atoms with van der Waals surface area (Å²) in [7, 11) is 0. The van der Waals surface area contributed by atoms with Crippen molar-refractivity contribution >= 4 is 28.2 Å². The Kier molecular flexibility index (Phi) is 5.80. The molecule has 0 aliphatic carbocycles. The standard InChI is InChI=1S/C16H19N3O2S/c1-11(20)18-16-19-14(10-22-16)7-6-12-2-4-13(5-3-12)8-15(21)9-17/h2-5,10H,6-9,17H2,1H3,(H,18,19,20). The fourth-order valence-corrected chi connectivity index (χ4v) is 2.82. The lowest BCUT2D eigenvalue weighted by Gasteiger charge is -2.03. The van der Waals surface area contributed by atoms with E-state index in [1.54, 1.807) is 0 Å². The highest BCUT2D eigenvalue weighted by molar-refractivity contribution is 7.13. The van der Waals surface area contributed by atoms with E-state index in [2.05, 4.69) is 10.3 Å². The highest BCUT2D eigenvalue weighted by atomic mass is 32.1. The number of hydrogen-bond donors (Lipinski definition) is 2. The molecule has 5 nitrogen and oxygen atoms in total. The number of ketones is 1. The summed E-state index contributed by atoms with van der Waals surface area (Å²) in [5.74, 6) is -0.0655. The summed E-state index contributed by atoms with van der Waals surface area (Å²) < 4.78 is 0. The number of nitrogens with zero attached hydrogens (tertiary/aromatic N) is 1. The molecule has 0 atom stereocenters. The topological polar surface area (TPSA) is 85.1 Å². The average Bonchev–Trinajstić information content (AvgIpc) is 2.93. The largest absolute Gasteiger partial charge is 0.324 e. The van der Waals surface area contributed by atoms with Gasteiger partial charge in [0, 0.05) is 18.7 Å². The van der Waals surface area contributed by atoms with E-state index in [4.69, 9.17) is 5.73 Å². The van der Waals surface area contributed by atoms with Crippen LogP contribution in [0.4, 0.5) is 5.13 Å². The third-order valence-electron chi connectivity index (χ3n) is 3.16. The van der Waals surface area contributed by atoms with Crippen LogP contribution < -0.4 is 11.1 Å². The summed E-state index contributed by atoms with van der Waals surface area (Å²) in [6, 6.07) is 7.99. The van der Waals surface area contributed by atoms with E-state index in [1.165, 1.54) is 23.8 Å². The van der Waals surface area contributed by atoms with Gasteiger partial charge in [-0.25, -0.2) is 4.98 Å². The number of nitrogens with one attached hydrogen (secondary N) is 1. The van der Waals surface area contributed by atoms with Gasteiger partial charge in [0.05, 0.1) is 12.2 Å². The van der Waals surface area contributed by atoms with Crippen LogP contribution in [0.1, 0.15) is 23.7 Å². The Hall–Kier alpha value is -2.05. The van der Waals surface area contributed by atoms with Gasteiger partial charge in [0.2, 0.25) is 5.91 Å². The van der Waals surface area contributed by atoms with Crippen molar-refractivity contribution in [3.63, 3.8) is 0 Å². The van der Waals surface area contributed by atoms with Gasteiger partial charge in [0.15, 0.2) is 10.9 Å². The maximum Gasteiger partial charge on any atom is 0.223 e. The minimum Gasteiger partial charge on any atom is -0.324 e. The van der Waals surface area contributed by atoms with Gasteiger partial charge in [-0.2, -0.15) is 0 Å². The summed E-state index contributed by atoms with van der Waals surface area (Å²) in [6.45, 7) is 1.56. The van der Waals surface area contributed by atoms with Crippen molar-refractivity contribution in [1.29, 1.82) is 0 Å². The molecule has 3 N–H and O–H groups in total. The first kappa shape index (κ1) is 16.3. The molecule has 0 radical (unpaired) electrons. The second-order valence-electron chi connectivity index (χ2n) is 5.06. The van der Waals surface area contributed by atoms with Crippen molar-refractivity contribution in [3.8, 4) is 0 Å². The molecule has 0 unspecified atom stereocenters. The van der Waals surface area contributed by atoms with Crippen LogP contribution in [0, 0.1) is 0 Å². The van der Waals surface area contributed by atoms with E-state index in [1.807, 2.05) is 29.6 Å². The first-order chi connectivity index (χ1) is 10.6. The van der Waals surface area contributed by atoms with Crippen LogP contribution in [0.2, 0.25) is 0 Å². The van der Waals surface area contributed by atoms with Crippen molar-refractivity contribution in [3.05, 3.63) is 46.5 Å². The number of aromatic nitrogens is 1. The maximum absolute atomic E-state index is 11.3. The van der Waals surface area contributed by atoms with E-state index < -0.39 is 0 Å². The van der Waals surface area contributed by atoms with Crippen LogP contribution in [0.5, 0.6) is 0 Å². The van der Waals surface area contributed by atoms with Crippen LogP contribution in [0.25, 0.3) is 0 Å². The smallest absolute Gasteiger partial charge is 0.223 e. The number of hydrogen-bond acceptors (Lipinski definition) is 5. The second-order valence-corrected chi connectivity index (χ2v) is 5.92. The zero-order valence-corrected chi connectivity index (χ0v) is 13.3. The fourth-order valence-electron chi connectivity index (χ4n) is 2.03. The van der Waals surface area contributed by atoms with Gasteiger partial charge in [0.1, 0.15) is 0 Å². The molecular weight excluding hydrogens is 298 g/mol. The normalized spacial score (nSPS) is 10.5. The molecule has 6 heteroatoms. The zero-order valence-electron chi connectivity index (χ0n) is 12.5. The summed E-state index contributed by atoms with van der Waals surface area (Å²) in [5.41, 5.74) is 8.46. The monoisotopic (exact) mass is 317 g/mol. The van der Waals surface area contributed by atoms with Crippen LogP contribution in [0.15, 0.2) is 29.6 Å². The van der Waals surface area contributed by atoms with Crippen molar-refractivity contribution in [2.45, 2.75) is 26.2 Å². The predicted molar refractivity (Wildman–Crippen MR) is 88.0 cm³/mol. The number of thiazole rings is 1. The molecule has 0 fully saturated rings. The molecule has 0 aliphatic rings. The molecule has 22 heavy (non-hydrogen) atoms. The van der Waals surface area contributed by atoms with E-state index in [9.17, 15) is 9.59 Å². The summed E-state index contributed by atoms with van der Waals surface area (Å²) in [4.78, 5) is 26.6. The summed E-state index contributed by atoms with van der Waals surface area (Å²) >= 11 is 1.43. The maximum atomic E-state index is 11.3. The lowest BCUT2D eigenvalue weighted by molar-refractivity contribution is -0.117. The van der Waals surface area contributed by atoms with Crippen molar-refractivity contribution in [2.75, 3.05) is 11.9 Å². The van der Waals surface area contributed by atoms with Crippen LogP contribution in [0.3, 0.4) is 0 Å². The minimum atomic E-state index is -0.108. The number of anilines is 1. The number of aryl methyl sites for hydroxylation is 2. The van der Waals surface area contributed by atoms with Crippen LogP contribution >= 0.6 is 11.3 Å². The fraction of sp³-hybridized carbons (Fsp3) is 0.312. The zero-order chi connectivity index (χ0) is 15.9. The number of nitrogens with two attached hydrogens (primary N) is 1. The average molecular weight is 317 g/mol. The number of benzene rings is 1. The van der Waals surface area contributed by atoms with Gasteiger partial charge in [-0.05, 0) is 24.0 Å². The number of carbonyl (C=O) groups excluding carboxylic acids is 2. The third-order valence-corrected chi connectivity index (χ3v) is 3.96. The molecule has 1 heterocycles. The predicted octanol–water partition coefficient (Wildman–Crippen LogP) is 1.96. The number of carbonyl (C=O) groups is 2. The molecule has 2 rings (SSSR count). The van der Waals surface area contributed by atoms with Crippen LogP contribution in [-0.2, 0) is 28.9 Å². The van der Waals surface area contributed by atoms with Gasteiger partial charge in [0.25, 0.3) is 0 Å². The third kappa shape index (κ3) is 5.05. The summed E-state index contributed by atoms with van der Waals surface area (Å²) in [5, 5.41) is 5.28. The van der Waals surface area contributed by atoms with E-state index in [0.29, 0.717) is 11.6 Å². The van der Waals surface area contributed by atoms with E-state index in [-0.39, 0.29) is 18.2 Å². The van der Waals surface area contributed by atoms with Crippen molar-refractivity contribution in [1.82, 2.24) is 4.98 Å². The molecule has 1 aromatic heterocycles. The molecule has 2 aromatic rings. The molecule has 116 valence electrons. The number of amides is 1. The second kappa shape index (κ2) is 7.82. The Morgan fingerprint density at radius 2 is 1.86 bits per heavy atom. The molecule has 0 saturated heterocycles. The Morgan fingerprint density at radius 3 is 2.50 bits per heavy atom. The van der Waals surface area contributed by atoms with Gasteiger partial charge < -0.3 is 11.1 Å². The first-order valence-corrected chi connectivity index (χ1v) is 7.96. The Bertz CT molecular complexity index is 650. The molecule has 1 amide bonds. The molecule has 0 bridgehead atoms. The van der Waals surface area contributed by atoms with Crippen molar-refractivity contribution < 1.29 is 9.59 Å². The first-order valence-electron chi connectivity index (χ1n) is 7.08. The summed E-state index contributed by atoms with van der Waals surface area (Å²) in [6.07, 6.45) is 2.08. The number of Topliss-reactive ketones (excluding diaryl/α,β-unsaturated/α-hetero) is 1.